The van der Waals surface area contributed by atoms with Crippen molar-refractivity contribution in [1.82, 2.24) is 0 Å². The minimum Gasteiger partial charge on any atom is -0.431 e. The van der Waals surface area contributed by atoms with Crippen molar-refractivity contribution < 1.29 is 22.7 Å². The van der Waals surface area contributed by atoms with E-state index in [2.05, 4.69) is 4.74 Å². The van der Waals surface area contributed by atoms with E-state index in [4.69, 9.17) is 0 Å². The van der Waals surface area contributed by atoms with Gasteiger partial charge in [-0.15, -0.1) is 0 Å². The van der Waals surface area contributed by atoms with Crippen molar-refractivity contribution in [3.63, 3.8) is 0 Å². The molecule has 1 aromatic carbocycles. The zero-order valence-corrected chi connectivity index (χ0v) is 8.46. The van der Waals surface area contributed by atoms with Gasteiger partial charge in [0.05, 0.1) is 0 Å². The van der Waals surface area contributed by atoms with Crippen LogP contribution < -0.4 is 4.74 Å². The maximum absolute atomic E-state index is 12.6. The van der Waals surface area contributed by atoms with Gasteiger partial charge in [0.25, 0.3) is 0 Å². The molecule has 0 unspecified atom stereocenters. The molecule has 0 fully saturated rings. The fourth-order valence-corrected chi connectivity index (χ4v) is 1.19. The summed E-state index contributed by atoms with van der Waals surface area (Å²) in [7, 11) is 0. The number of aryl methyl sites for hydroxylation is 1. The number of alkyl halides is 3. The summed E-state index contributed by atoms with van der Waals surface area (Å²) < 4.78 is 41.2. The molecule has 0 heterocycles. The lowest BCUT2D eigenvalue weighted by molar-refractivity contribution is -0.186. The number of halogens is 3. The van der Waals surface area contributed by atoms with E-state index in [1.165, 1.54) is 18.2 Å². The Kier molecular flexibility index (Phi) is 4.34. The number of benzene rings is 1. The number of ether oxygens (including phenoxy) is 1. The van der Waals surface area contributed by atoms with Gasteiger partial charge in [0.2, 0.25) is 0 Å². The van der Waals surface area contributed by atoms with Gasteiger partial charge in [-0.1, -0.05) is 12.1 Å². The molecule has 0 aliphatic carbocycles. The molecule has 0 radical (unpaired) electrons. The minimum absolute atomic E-state index is 0.106. The van der Waals surface area contributed by atoms with Gasteiger partial charge in [-0.05, 0) is 24.1 Å². The first-order valence-corrected chi connectivity index (χ1v) is 4.73. The Bertz CT molecular complexity index is 353. The maximum atomic E-state index is 12.6. The van der Waals surface area contributed by atoms with Gasteiger partial charge in [0.1, 0.15) is 12.0 Å². The van der Waals surface area contributed by atoms with Crippen molar-refractivity contribution in [2.75, 3.05) is 6.67 Å². The number of aldehydes is 1. The molecule has 0 amide bonds. The molecule has 88 valence electrons. The fraction of sp³-hybridized carbons (Fsp3) is 0.364. The molecule has 0 aliphatic heterocycles. The average Bonchev–Trinajstić information content (AvgIpc) is 2.26. The van der Waals surface area contributed by atoms with Crippen LogP contribution in [0.1, 0.15) is 12.0 Å². The van der Waals surface area contributed by atoms with Gasteiger partial charge in [-0.25, -0.2) is 4.39 Å². The second-order valence-corrected chi connectivity index (χ2v) is 3.23. The Morgan fingerprint density at radius 1 is 1.38 bits per heavy atom. The van der Waals surface area contributed by atoms with Gasteiger partial charge < -0.3 is 9.53 Å². The predicted molar refractivity (Wildman–Crippen MR) is 52.4 cm³/mol. The first-order valence-electron chi connectivity index (χ1n) is 4.73. The summed E-state index contributed by atoms with van der Waals surface area (Å²) in [5, 5.41) is 0. The molecule has 0 N–H and O–H groups in total. The van der Waals surface area contributed by atoms with E-state index in [1.54, 1.807) is 6.07 Å². The summed E-state index contributed by atoms with van der Waals surface area (Å²) >= 11 is 0. The number of rotatable bonds is 6. The first-order chi connectivity index (χ1) is 7.57. The molecule has 0 aliphatic rings. The highest BCUT2D eigenvalue weighted by Gasteiger charge is 2.31. The third-order valence-corrected chi connectivity index (χ3v) is 1.87. The van der Waals surface area contributed by atoms with Gasteiger partial charge in [0, 0.05) is 6.42 Å². The van der Waals surface area contributed by atoms with Crippen LogP contribution in [0.25, 0.3) is 0 Å². The van der Waals surface area contributed by atoms with E-state index in [0.29, 0.717) is 18.4 Å². The molecule has 0 bridgehead atoms. The van der Waals surface area contributed by atoms with Crippen molar-refractivity contribution in [3.8, 4) is 5.75 Å². The van der Waals surface area contributed by atoms with Gasteiger partial charge in [-0.2, -0.15) is 8.78 Å². The molecule has 5 heteroatoms. The first kappa shape index (κ1) is 12.5. The van der Waals surface area contributed by atoms with E-state index in [0.717, 1.165) is 6.29 Å². The molecular weight excluding hydrogens is 221 g/mol. The summed E-state index contributed by atoms with van der Waals surface area (Å²) in [6, 6.07) is 5.88. The van der Waals surface area contributed by atoms with Crippen molar-refractivity contribution in [2.45, 2.75) is 19.0 Å². The fourth-order valence-electron chi connectivity index (χ4n) is 1.19. The molecule has 0 spiro atoms. The van der Waals surface area contributed by atoms with Crippen LogP contribution in [0.4, 0.5) is 13.2 Å². The van der Waals surface area contributed by atoms with Crippen LogP contribution in [0.15, 0.2) is 24.3 Å². The second-order valence-electron chi connectivity index (χ2n) is 3.23. The Morgan fingerprint density at radius 3 is 2.75 bits per heavy atom. The summed E-state index contributed by atoms with van der Waals surface area (Å²) in [6.07, 6.45) is -2.31. The van der Waals surface area contributed by atoms with Crippen molar-refractivity contribution >= 4 is 6.29 Å². The quantitative estimate of drug-likeness (QED) is 0.705. The third kappa shape index (κ3) is 3.92. The number of hydrogen-bond acceptors (Lipinski definition) is 2. The van der Waals surface area contributed by atoms with Gasteiger partial charge >= 0.3 is 6.11 Å². The lowest BCUT2D eigenvalue weighted by Gasteiger charge is -2.14. The van der Waals surface area contributed by atoms with E-state index >= 15 is 0 Å². The number of hydrogen-bond donors (Lipinski definition) is 0. The monoisotopic (exact) mass is 232 g/mol. The van der Waals surface area contributed by atoms with Crippen LogP contribution in [-0.2, 0) is 11.2 Å². The minimum atomic E-state index is -3.80. The van der Waals surface area contributed by atoms with E-state index in [-0.39, 0.29) is 5.75 Å². The smallest absolute Gasteiger partial charge is 0.427 e. The summed E-state index contributed by atoms with van der Waals surface area (Å²) in [5.74, 6) is -0.106. The molecule has 2 nitrogen and oxygen atoms in total. The molecule has 0 atom stereocenters. The van der Waals surface area contributed by atoms with Crippen LogP contribution in [0, 0.1) is 0 Å². The SMILES string of the molecule is O=CCCc1cccc(OC(F)(F)CF)c1. The highest BCUT2D eigenvalue weighted by molar-refractivity contribution is 5.50. The summed E-state index contributed by atoms with van der Waals surface area (Å²) in [4.78, 5) is 10.1. The largest absolute Gasteiger partial charge is 0.431 e. The standard InChI is InChI=1S/C11H11F3O2/c12-8-11(13,14)16-10-5-1-3-9(7-10)4-2-6-15/h1,3,5-7H,2,4,8H2. The van der Waals surface area contributed by atoms with Gasteiger partial charge in [-0.3, -0.25) is 0 Å². The normalized spacial score (nSPS) is 11.2. The van der Waals surface area contributed by atoms with Crippen LogP contribution in [0.5, 0.6) is 5.75 Å². The maximum Gasteiger partial charge on any atom is 0.427 e. The van der Waals surface area contributed by atoms with Crippen LogP contribution in [0.2, 0.25) is 0 Å². The van der Waals surface area contributed by atoms with Crippen LogP contribution in [-0.4, -0.2) is 19.1 Å². The number of carbonyl (C=O) groups excluding carboxylic acids is 1. The molecule has 0 saturated carbocycles. The predicted octanol–water partition coefficient (Wildman–Crippen LogP) is 2.76. The highest BCUT2D eigenvalue weighted by atomic mass is 19.3. The molecule has 16 heavy (non-hydrogen) atoms. The topological polar surface area (TPSA) is 26.3 Å². The molecule has 0 aromatic heterocycles. The third-order valence-electron chi connectivity index (χ3n) is 1.87. The molecule has 1 rings (SSSR count). The zero-order chi connectivity index (χ0) is 12.0. The lowest BCUT2D eigenvalue weighted by Crippen LogP contribution is -2.26. The highest BCUT2D eigenvalue weighted by Crippen LogP contribution is 2.23. The van der Waals surface area contributed by atoms with Crippen LogP contribution in [0.3, 0.4) is 0 Å². The second kappa shape index (κ2) is 5.53. The lowest BCUT2D eigenvalue weighted by atomic mass is 10.1. The Hall–Kier alpha value is -1.52. The Morgan fingerprint density at radius 2 is 2.12 bits per heavy atom. The average molecular weight is 232 g/mol. The van der Waals surface area contributed by atoms with E-state index in [1.807, 2.05) is 0 Å². The van der Waals surface area contributed by atoms with Crippen LogP contribution >= 0.6 is 0 Å². The van der Waals surface area contributed by atoms with Gasteiger partial charge in [0.15, 0.2) is 6.67 Å². The summed E-state index contributed by atoms with van der Waals surface area (Å²) in [6.45, 7) is -1.87. The Labute approximate surface area is 91.0 Å². The zero-order valence-electron chi connectivity index (χ0n) is 8.46. The van der Waals surface area contributed by atoms with E-state index < -0.39 is 12.8 Å². The van der Waals surface area contributed by atoms with Crippen molar-refractivity contribution in [3.05, 3.63) is 29.8 Å². The molecule has 0 saturated heterocycles. The van der Waals surface area contributed by atoms with E-state index in [9.17, 15) is 18.0 Å². The molecule has 1 aromatic rings. The van der Waals surface area contributed by atoms with Crippen molar-refractivity contribution in [2.24, 2.45) is 0 Å². The van der Waals surface area contributed by atoms with Crippen molar-refractivity contribution in [1.29, 1.82) is 0 Å². The molecular formula is C11H11F3O2. The number of carbonyl (C=O) groups is 1. The summed E-state index contributed by atoms with van der Waals surface area (Å²) in [5.41, 5.74) is 0.694. The Balaban J connectivity index is 2.70.